The molecule has 0 atom stereocenters. The molecule has 0 saturated carbocycles. The Morgan fingerprint density at radius 1 is 1.53 bits per heavy atom. The van der Waals surface area contributed by atoms with Crippen LogP contribution in [0.3, 0.4) is 0 Å². The van der Waals surface area contributed by atoms with Crippen LogP contribution in [0, 0.1) is 0 Å². The summed E-state index contributed by atoms with van der Waals surface area (Å²) in [7, 11) is 0. The lowest BCUT2D eigenvalue weighted by molar-refractivity contribution is 0.475. The SMILES string of the molecule is CCCNCc1occc1Cn1cc(Br)cn1. The number of nitrogens with one attached hydrogen (secondary N) is 1. The van der Waals surface area contributed by atoms with Crippen LogP contribution in [0.25, 0.3) is 0 Å². The Hall–Kier alpha value is -1.07. The van der Waals surface area contributed by atoms with Crippen molar-refractivity contribution in [3.63, 3.8) is 0 Å². The molecule has 92 valence electrons. The van der Waals surface area contributed by atoms with Crippen molar-refractivity contribution in [2.45, 2.75) is 26.4 Å². The first kappa shape index (κ1) is 12.4. The fraction of sp³-hybridized carbons (Fsp3) is 0.417. The molecule has 2 heterocycles. The molecule has 0 spiro atoms. The molecule has 0 aliphatic rings. The van der Waals surface area contributed by atoms with Crippen molar-refractivity contribution in [2.75, 3.05) is 6.54 Å². The number of hydrogen-bond donors (Lipinski definition) is 1. The summed E-state index contributed by atoms with van der Waals surface area (Å²) in [4.78, 5) is 0. The number of furan rings is 1. The molecule has 0 amide bonds. The van der Waals surface area contributed by atoms with E-state index >= 15 is 0 Å². The van der Waals surface area contributed by atoms with Gasteiger partial charge >= 0.3 is 0 Å². The van der Waals surface area contributed by atoms with Crippen molar-refractivity contribution >= 4 is 15.9 Å². The lowest BCUT2D eigenvalue weighted by Crippen LogP contribution is -2.15. The quantitative estimate of drug-likeness (QED) is 0.834. The fourth-order valence-electron chi connectivity index (χ4n) is 1.64. The molecule has 0 fully saturated rings. The van der Waals surface area contributed by atoms with E-state index in [1.165, 1.54) is 5.56 Å². The predicted octanol–water partition coefficient (Wildman–Crippen LogP) is 2.79. The van der Waals surface area contributed by atoms with Gasteiger partial charge in [-0.2, -0.15) is 5.10 Å². The van der Waals surface area contributed by atoms with Crippen molar-refractivity contribution in [1.82, 2.24) is 15.1 Å². The summed E-state index contributed by atoms with van der Waals surface area (Å²) < 4.78 is 8.35. The molecule has 17 heavy (non-hydrogen) atoms. The second-order valence-electron chi connectivity index (χ2n) is 3.90. The highest BCUT2D eigenvalue weighted by Gasteiger charge is 2.07. The Kier molecular flexibility index (Phi) is 4.39. The molecule has 0 aromatic carbocycles. The Morgan fingerprint density at radius 3 is 3.12 bits per heavy atom. The third-order valence-electron chi connectivity index (χ3n) is 2.48. The summed E-state index contributed by atoms with van der Waals surface area (Å²) in [5.41, 5.74) is 1.17. The molecule has 4 nitrogen and oxygen atoms in total. The Labute approximate surface area is 109 Å². The molecule has 0 unspecified atom stereocenters. The van der Waals surface area contributed by atoms with E-state index in [1.54, 1.807) is 12.5 Å². The molecule has 0 saturated heterocycles. The zero-order chi connectivity index (χ0) is 12.1. The van der Waals surface area contributed by atoms with Gasteiger partial charge in [0.2, 0.25) is 0 Å². The smallest absolute Gasteiger partial charge is 0.122 e. The van der Waals surface area contributed by atoms with Crippen LogP contribution in [0.4, 0.5) is 0 Å². The van der Waals surface area contributed by atoms with Crippen molar-refractivity contribution in [1.29, 1.82) is 0 Å². The first-order valence-electron chi connectivity index (χ1n) is 5.73. The Morgan fingerprint density at radius 2 is 2.41 bits per heavy atom. The Bertz CT molecular complexity index is 464. The summed E-state index contributed by atoms with van der Waals surface area (Å²) in [5, 5.41) is 7.57. The van der Waals surface area contributed by atoms with E-state index in [1.807, 2.05) is 16.9 Å². The zero-order valence-electron chi connectivity index (χ0n) is 9.82. The van der Waals surface area contributed by atoms with E-state index in [9.17, 15) is 0 Å². The van der Waals surface area contributed by atoms with Crippen LogP contribution in [-0.2, 0) is 13.1 Å². The highest BCUT2D eigenvalue weighted by Crippen LogP contribution is 2.13. The van der Waals surface area contributed by atoms with Gasteiger partial charge in [-0.1, -0.05) is 6.92 Å². The number of aromatic nitrogens is 2. The number of halogens is 1. The van der Waals surface area contributed by atoms with E-state index in [0.717, 1.165) is 36.3 Å². The highest BCUT2D eigenvalue weighted by atomic mass is 79.9. The largest absolute Gasteiger partial charge is 0.468 e. The minimum atomic E-state index is 0.741. The third kappa shape index (κ3) is 3.44. The molecule has 0 aliphatic carbocycles. The van der Waals surface area contributed by atoms with Crippen LogP contribution in [0.2, 0.25) is 0 Å². The van der Waals surface area contributed by atoms with Crippen LogP contribution < -0.4 is 5.32 Å². The van der Waals surface area contributed by atoms with Gasteiger partial charge in [0.1, 0.15) is 5.76 Å². The first-order chi connectivity index (χ1) is 8.29. The average molecular weight is 298 g/mol. The molecule has 0 radical (unpaired) electrons. The average Bonchev–Trinajstić information content (AvgIpc) is 2.90. The molecule has 2 aromatic rings. The van der Waals surface area contributed by atoms with Crippen molar-refractivity contribution in [3.8, 4) is 0 Å². The topological polar surface area (TPSA) is 43.0 Å². The maximum Gasteiger partial charge on any atom is 0.122 e. The van der Waals surface area contributed by atoms with E-state index in [-0.39, 0.29) is 0 Å². The van der Waals surface area contributed by atoms with E-state index in [0.29, 0.717) is 0 Å². The third-order valence-corrected chi connectivity index (χ3v) is 2.89. The summed E-state index contributed by atoms with van der Waals surface area (Å²) >= 11 is 3.39. The normalized spacial score (nSPS) is 10.9. The lowest BCUT2D eigenvalue weighted by Gasteiger charge is -2.04. The first-order valence-corrected chi connectivity index (χ1v) is 6.53. The van der Waals surface area contributed by atoms with Crippen LogP contribution in [0.1, 0.15) is 24.7 Å². The van der Waals surface area contributed by atoms with Gasteiger partial charge in [-0.15, -0.1) is 0 Å². The van der Waals surface area contributed by atoms with Crippen molar-refractivity contribution < 1.29 is 4.42 Å². The molecule has 1 N–H and O–H groups in total. The van der Waals surface area contributed by atoms with Crippen LogP contribution >= 0.6 is 15.9 Å². The predicted molar refractivity (Wildman–Crippen MR) is 69.7 cm³/mol. The molecule has 0 bridgehead atoms. The second kappa shape index (κ2) is 6.02. The minimum absolute atomic E-state index is 0.741. The Balaban J connectivity index is 1.98. The maximum atomic E-state index is 5.47. The standard InChI is InChI=1S/C12H16BrN3O/c1-2-4-14-7-12-10(3-5-17-12)8-16-9-11(13)6-15-16/h3,5-6,9,14H,2,4,7-8H2,1H3. The molecule has 2 aromatic heterocycles. The van der Waals surface area contributed by atoms with Gasteiger partial charge in [0.25, 0.3) is 0 Å². The molecule has 5 heteroatoms. The number of hydrogen-bond acceptors (Lipinski definition) is 3. The van der Waals surface area contributed by atoms with Gasteiger partial charge in [-0.25, -0.2) is 0 Å². The van der Waals surface area contributed by atoms with Gasteiger partial charge in [-0.3, -0.25) is 4.68 Å². The lowest BCUT2D eigenvalue weighted by atomic mass is 10.2. The number of rotatable bonds is 6. The fourth-order valence-corrected chi connectivity index (χ4v) is 1.97. The summed E-state index contributed by atoms with van der Waals surface area (Å²) in [6.07, 6.45) is 6.60. The van der Waals surface area contributed by atoms with E-state index in [4.69, 9.17) is 4.42 Å². The summed E-state index contributed by atoms with van der Waals surface area (Å²) in [5.74, 6) is 0.991. The molecule has 2 rings (SSSR count). The maximum absolute atomic E-state index is 5.47. The van der Waals surface area contributed by atoms with Gasteiger partial charge < -0.3 is 9.73 Å². The van der Waals surface area contributed by atoms with Gasteiger partial charge in [0.15, 0.2) is 0 Å². The van der Waals surface area contributed by atoms with E-state index in [2.05, 4.69) is 33.3 Å². The van der Waals surface area contributed by atoms with Crippen molar-refractivity contribution in [3.05, 3.63) is 40.5 Å². The van der Waals surface area contributed by atoms with Crippen LogP contribution in [0.15, 0.2) is 33.6 Å². The highest BCUT2D eigenvalue weighted by molar-refractivity contribution is 9.10. The monoisotopic (exact) mass is 297 g/mol. The minimum Gasteiger partial charge on any atom is -0.468 e. The molecular formula is C12H16BrN3O. The van der Waals surface area contributed by atoms with E-state index < -0.39 is 0 Å². The van der Waals surface area contributed by atoms with Crippen LogP contribution in [0.5, 0.6) is 0 Å². The van der Waals surface area contributed by atoms with Gasteiger partial charge in [-0.05, 0) is 35.0 Å². The summed E-state index contributed by atoms with van der Waals surface area (Å²) in [6, 6.07) is 2.00. The zero-order valence-corrected chi connectivity index (χ0v) is 11.4. The number of nitrogens with zero attached hydrogens (tertiary/aromatic N) is 2. The summed E-state index contributed by atoms with van der Waals surface area (Å²) in [6.45, 7) is 4.68. The second-order valence-corrected chi connectivity index (χ2v) is 4.82. The molecular weight excluding hydrogens is 282 g/mol. The van der Waals surface area contributed by atoms with Gasteiger partial charge in [0, 0.05) is 11.8 Å². The van der Waals surface area contributed by atoms with Gasteiger partial charge in [0.05, 0.1) is 30.0 Å². The van der Waals surface area contributed by atoms with Crippen molar-refractivity contribution in [2.24, 2.45) is 0 Å². The molecule has 0 aliphatic heterocycles. The van der Waals surface area contributed by atoms with Crippen LogP contribution in [-0.4, -0.2) is 16.3 Å².